The second-order valence-electron chi connectivity index (χ2n) is 9.15. The first kappa shape index (κ1) is 21.1. The molecule has 1 aliphatic heterocycles. The molecule has 5 rings (SSSR count). The van der Waals surface area contributed by atoms with Gasteiger partial charge >= 0.3 is 0 Å². The Labute approximate surface area is 192 Å². The second-order valence-corrected chi connectivity index (χ2v) is 9.15. The zero-order valence-corrected chi connectivity index (χ0v) is 19.3. The van der Waals surface area contributed by atoms with E-state index >= 15 is 0 Å². The molecule has 0 saturated carbocycles. The summed E-state index contributed by atoms with van der Waals surface area (Å²) in [6, 6.07) is 15.3. The van der Waals surface area contributed by atoms with Gasteiger partial charge in [0.15, 0.2) is 5.43 Å². The Hall–Kier alpha value is -3.73. The molecule has 0 N–H and O–H groups in total. The summed E-state index contributed by atoms with van der Waals surface area (Å²) in [6.07, 6.45) is 3.45. The summed E-state index contributed by atoms with van der Waals surface area (Å²) >= 11 is 0. The van der Waals surface area contributed by atoms with Gasteiger partial charge in [0.2, 0.25) is 5.76 Å². The van der Waals surface area contributed by atoms with Gasteiger partial charge in [-0.1, -0.05) is 50.2 Å². The van der Waals surface area contributed by atoms with Gasteiger partial charge in [0, 0.05) is 18.9 Å². The molecule has 2 aromatic carbocycles. The fraction of sp³-hybridized carbons (Fsp3) is 0.250. The average Bonchev–Trinajstić information content (AvgIpc) is 3.07. The first-order chi connectivity index (χ1) is 15.8. The summed E-state index contributed by atoms with van der Waals surface area (Å²) in [7, 11) is 0. The maximum atomic E-state index is 13.8. The minimum atomic E-state index is -0.518. The predicted molar refractivity (Wildman–Crippen MR) is 128 cm³/mol. The molecular formula is C28H26N2O3. The van der Waals surface area contributed by atoms with Crippen molar-refractivity contribution in [2.45, 2.75) is 46.2 Å². The quantitative estimate of drug-likeness (QED) is 0.412. The Morgan fingerprint density at radius 2 is 1.82 bits per heavy atom. The van der Waals surface area contributed by atoms with Crippen molar-refractivity contribution in [1.29, 1.82) is 0 Å². The van der Waals surface area contributed by atoms with E-state index in [-0.39, 0.29) is 17.1 Å². The Balaban J connectivity index is 1.73. The van der Waals surface area contributed by atoms with Crippen LogP contribution in [0.25, 0.3) is 11.0 Å². The molecule has 0 bridgehead atoms. The van der Waals surface area contributed by atoms with Gasteiger partial charge in [0.05, 0.1) is 17.0 Å². The number of hydrogen-bond acceptors (Lipinski definition) is 4. The number of carbonyl (C=O) groups is 1. The van der Waals surface area contributed by atoms with Gasteiger partial charge in [-0.3, -0.25) is 14.6 Å². The van der Waals surface area contributed by atoms with Crippen molar-refractivity contribution in [3.8, 4) is 0 Å². The fourth-order valence-corrected chi connectivity index (χ4v) is 4.74. The van der Waals surface area contributed by atoms with Gasteiger partial charge < -0.3 is 9.32 Å². The van der Waals surface area contributed by atoms with Crippen molar-refractivity contribution >= 4 is 16.9 Å². The summed E-state index contributed by atoms with van der Waals surface area (Å²) < 4.78 is 6.16. The van der Waals surface area contributed by atoms with E-state index in [1.807, 2.05) is 50.2 Å². The summed E-state index contributed by atoms with van der Waals surface area (Å²) in [5.41, 5.74) is 5.59. The molecule has 1 aliphatic rings. The number of aryl methyl sites for hydroxylation is 2. The minimum absolute atomic E-state index is 0.140. The zero-order valence-electron chi connectivity index (χ0n) is 19.3. The molecule has 1 atom stereocenters. The molecule has 3 heterocycles. The van der Waals surface area contributed by atoms with Gasteiger partial charge in [0.1, 0.15) is 5.58 Å². The van der Waals surface area contributed by atoms with Gasteiger partial charge in [-0.05, 0) is 59.7 Å². The molecule has 0 saturated heterocycles. The van der Waals surface area contributed by atoms with E-state index in [0.29, 0.717) is 29.0 Å². The Morgan fingerprint density at radius 1 is 1.06 bits per heavy atom. The molecule has 166 valence electrons. The predicted octanol–water partition coefficient (Wildman–Crippen LogP) is 5.67. The van der Waals surface area contributed by atoms with Crippen LogP contribution in [-0.4, -0.2) is 15.8 Å². The van der Waals surface area contributed by atoms with E-state index in [2.05, 4.69) is 31.0 Å². The maximum absolute atomic E-state index is 13.8. The monoisotopic (exact) mass is 438 g/mol. The maximum Gasteiger partial charge on any atom is 0.291 e. The van der Waals surface area contributed by atoms with E-state index < -0.39 is 6.04 Å². The molecule has 0 aliphatic carbocycles. The van der Waals surface area contributed by atoms with Crippen molar-refractivity contribution in [1.82, 2.24) is 9.88 Å². The molecule has 5 nitrogen and oxygen atoms in total. The molecule has 33 heavy (non-hydrogen) atoms. The average molecular weight is 439 g/mol. The van der Waals surface area contributed by atoms with E-state index in [0.717, 1.165) is 22.3 Å². The topological polar surface area (TPSA) is 63.4 Å². The third kappa shape index (κ3) is 3.54. The van der Waals surface area contributed by atoms with Crippen molar-refractivity contribution in [3.05, 3.63) is 110 Å². The van der Waals surface area contributed by atoms with Gasteiger partial charge in [-0.25, -0.2) is 0 Å². The molecular weight excluding hydrogens is 412 g/mol. The molecule has 1 unspecified atom stereocenters. The van der Waals surface area contributed by atoms with Crippen LogP contribution in [0.3, 0.4) is 0 Å². The van der Waals surface area contributed by atoms with Crippen LogP contribution in [0.1, 0.15) is 69.7 Å². The normalized spacial score (nSPS) is 15.5. The summed E-state index contributed by atoms with van der Waals surface area (Å²) in [6.45, 7) is 8.48. The Kier molecular flexibility index (Phi) is 5.12. The van der Waals surface area contributed by atoms with Crippen LogP contribution in [0.5, 0.6) is 0 Å². The molecule has 5 heteroatoms. The highest BCUT2D eigenvalue weighted by Gasteiger charge is 2.42. The number of nitrogens with zero attached hydrogens (tertiary/aromatic N) is 2. The molecule has 2 aromatic heterocycles. The van der Waals surface area contributed by atoms with Crippen molar-refractivity contribution < 1.29 is 9.21 Å². The Morgan fingerprint density at radius 3 is 2.48 bits per heavy atom. The number of fused-ring (bicyclic) bond motifs is 2. The minimum Gasteiger partial charge on any atom is -0.450 e. The number of carbonyl (C=O) groups excluding carboxylic acids is 1. The molecule has 4 aromatic rings. The number of pyridine rings is 1. The van der Waals surface area contributed by atoms with E-state index in [1.54, 1.807) is 17.3 Å². The van der Waals surface area contributed by atoms with Crippen LogP contribution in [-0.2, 0) is 6.54 Å². The number of rotatable bonds is 4. The van der Waals surface area contributed by atoms with Crippen LogP contribution in [0.4, 0.5) is 0 Å². The third-order valence-corrected chi connectivity index (χ3v) is 6.39. The number of aromatic nitrogens is 1. The second kappa shape index (κ2) is 8.00. The van der Waals surface area contributed by atoms with E-state index in [4.69, 9.17) is 4.42 Å². The van der Waals surface area contributed by atoms with Crippen LogP contribution in [0.15, 0.2) is 70.1 Å². The number of benzene rings is 2. The van der Waals surface area contributed by atoms with Crippen molar-refractivity contribution in [2.75, 3.05) is 0 Å². The largest absolute Gasteiger partial charge is 0.450 e. The highest BCUT2D eigenvalue weighted by Crippen LogP contribution is 2.39. The lowest BCUT2D eigenvalue weighted by atomic mass is 9.94. The lowest BCUT2D eigenvalue weighted by Crippen LogP contribution is -2.29. The summed E-state index contributed by atoms with van der Waals surface area (Å²) in [4.78, 5) is 33.3. The zero-order chi connectivity index (χ0) is 23.3. The van der Waals surface area contributed by atoms with Crippen LogP contribution < -0.4 is 5.43 Å². The molecule has 0 spiro atoms. The van der Waals surface area contributed by atoms with E-state index in [1.165, 1.54) is 5.56 Å². The first-order valence-electron chi connectivity index (χ1n) is 11.2. The van der Waals surface area contributed by atoms with Gasteiger partial charge in [0.25, 0.3) is 5.91 Å². The highest BCUT2D eigenvalue weighted by atomic mass is 16.3. The first-order valence-corrected chi connectivity index (χ1v) is 11.2. The van der Waals surface area contributed by atoms with Crippen molar-refractivity contribution in [2.24, 2.45) is 0 Å². The van der Waals surface area contributed by atoms with Gasteiger partial charge in [-0.15, -0.1) is 0 Å². The smallest absolute Gasteiger partial charge is 0.291 e. The fourth-order valence-electron chi connectivity index (χ4n) is 4.74. The summed E-state index contributed by atoms with van der Waals surface area (Å²) in [5.74, 6) is 0.259. The number of hydrogen-bond donors (Lipinski definition) is 0. The molecule has 0 radical (unpaired) electrons. The molecule has 0 fully saturated rings. The lowest BCUT2D eigenvalue weighted by Gasteiger charge is -2.25. The number of amides is 1. The van der Waals surface area contributed by atoms with Gasteiger partial charge in [-0.2, -0.15) is 0 Å². The lowest BCUT2D eigenvalue weighted by molar-refractivity contribution is 0.0714. The standard InChI is InChI=1S/C28H26N2O3/c1-16(2)20-7-9-21(10-8-20)24-23-25(31)22-13-17(3)12-18(4)26(22)33-27(23)28(32)30(24)15-19-6-5-11-29-14-19/h5-14,16,24H,15H2,1-4H3. The van der Waals surface area contributed by atoms with Crippen LogP contribution >= 0.6 is 0 Å². The van der Waals surface area contributed by atoms with Crippen LogP contribution in [0.2, 0.25) is 0 Å². The SMILES string of the molecule is Cc1cc(C)c2oc3c(c(=O)c2c1)C(c1ccc(C(C)C)cc1)N(Cc1cccnc1)C3=O. The van der Waals surface area contributed by atoms with E-state index in [9.17, 15) is 9.59 Å². The Bertz CT molecular complexity index is 1420. The third-order valence-electron chi connectivity index (χ3n) is 6.39. The highest BCUT2D eigenvalue weighted by molar-refractivity contribution is 5.99. The molecule has 1 amide bonds. The summed E-state index contributed by atoms with van der Waals surface area (Å²) in [5, 5.41) is 0.520. The van der Waals surface area contributed by atoms with Crippen LogP contribution in [0, 0.1) is 13.8 Å². The van der Waals surface area contributed by atoms with Crippen molar-refractivity contribution in [3.63, 3.8) is 0 Å².